The monoisotopic (exact) mass is 285 g/mol. The number of nitrogens with one attached hydrogen (secondary N) is 2. The standard InChI is InChI=1S/C14H18F3N3/c15-14(16,17)9-4-1-3-8(7-9)13-12-10(18)5-2-6-11(12)19-20-13/h1,3-4,7,10-13,19-20H,2,5-6,18H2. The highest BCUT2D eigenvalue weighted by molar-refractivity contribution is 5.30. The van der Waals surface area contributed by atoms with Crippen LogP contribution in [0.15, 0.2) is 24.3 Å². The maximum absolute atomic E-state index is 12.8. The minimum atomic E-state index is -4.31. The van der Waals surface area contributed by atoms with Gasteiger partial charge in [-0.05, 0) is 30.5 Å². The van der Waals surface area contributed by atoms with E-state index in [1.54, 1.807) is 6.07 Å². The zero-order valence-electron chi connectivity index (χ0n) is 11.0. The van der Waals surface area contributed by atoms with Crippen molar-refractivity contribution in [3.8, 4) is 0 Å². The molecule has 4 atom stereocenters. The number of hydrogen-bond acceptors (Lipinski definition) is 3. The molecule has 0 aromatic heterocycles. The molecule has 6 heteroatoms. The second-order valence-corrected chi connectivity index (χ2v) is 5.67. The van der Waals surface area contributed by atoms with Crippen LogP contribution in [0.25, 0.3) is 0 Å². The number of hydrazine groups is 1. The van der Waals surface area contributed by atoms with Crippen molar-refractivity contribution in [1.82, 2.24) is 10.9 Å². The van der Waals surface area contributed by atoms with Gasteiger partial charge in [0, 0.05) is 18.0 Å². The summed E-state index contributed by atoms with van der Waals surface area (Å²) in [5, 5.41) is 0. The average Bonchev–Trinajstić information content (AvgIpc) is 2.83. The van der Waals surface area contributed by atoms with Crippen molar-refractivity contribution in [2.75, 3.05) is 0 Å². The zero-order valence-corrected chi connectivity index (χ0v) is 11.0. The van der Waals surface area contributed by atoms with E-state index in [0.29, 0.717) is 5.56 Å². The van der Waals surface area contributed by atoms with E-state index in [4.69, 9.17) is 5.73 Å². The summed E-state index contributed by atoms with van der Waals surface area (Å²) >= 11 is 0. The van der Waals surface area contributed by atoms with Crippen LogP contribution < -0.4 is 16.6 Å². The van der Waals surface area contributed by atoms with E-state index < -0.39 is 11.7 Å². The third-order valence-electron chi connectivity index (χ3n) is 4.39. The van der Waals surface area contributed by atoms with Gasteiger partial charge in [0.25, 0.3) is 0 Å². The lowest BCUT2D eigenvalue weighted by Gasteiger charge is -2.33. The fourth-order valence-corrected chi connectivity index (χ4v) is 3.41. The summed E-state index contributed by atoms with van der Waals surface area (Å²) < 4.78 is 38.4. The second kappa shape index (κ2) is 5.02. The van der Waals surface area contributed by atoms with E-state index in [0.717, 1.165) is 25.3 Å². The Morgan fingerprint density at radius 3 is 2.70 bits per heavy atom. The van der Waals surface area contributed by atoms with Gasteiger partial charge in [-0.25, -0.2) is 5.43 Å². The Morgan fingerprint density at radius 2 is 1.95 bits per heavy atom. The van der Waals surface area contributed by atoms with E-state index in [9.17, 15) is 13.2 Å². The van der Waals surface area contributed by atoms with Crippen LogP contribution in [0.3, 0.4) is 0 Å². The van der Waals surface area contributed by atoms with Crippen molar-refractivity contribution in [3.05, 3.63) is 35.4 Å². The van der Waals surface area contributed by atoms with Gasteiger partial charge in [0.15, 0.2) is 0 Å². The molecule has 0 bridgehead atoms. The van der Waals surface area contributed by atoms with Gasteiger partial charge in [-0.3, -0.25) is 5.43 Å². The van der Waals surface area contributed by atoms with Crippen molar-refractivity contribution >= 4 is 0 Å². The average molecular weight is 285 g/mol. The highest BCUT2D eigenvalue weighted by atomic mass is 19.4. The molecule has 0 spiro atoms. The van der Waals surface area contributed by atoms with E-state index in [1.165, 1.54) is 12.1 Å². The first-order valence-corrected chi connectivity index (χ1v) is 6.90. The molecule has 1 saturated heterocycles. The van der Waals surface area contributed by atoms with Crippen molar-refractivity contribution in [2.24, 2.45) is 11.7 Å². The molecule has 0 amide bonds. The van der Waals surface area contributed by atoms with Crippen LogP contribution in [0, 0.1) is 5.92 Å². The SMILES string of the molecule is NC1CCCC2NNC(c3cccc(C(F)(F)F)c3)C12. The molecular weight excluding hydrogens is 267 g/mol. The Bertz CT molecular complexity index is 489. The minimum absolute atomic E-state index is 0.0239. The molecule has 3 rings (SSSR count). The molecule has 1 aliphatic carbocycles. The molecule has 1 aromatic rings. The van der Waals surface area contributed by atoms with Gasteiger partial charge in [0.2, 0.25) is 0 Å². The summed E-state index contributed by atoms with van der Waals surface area (Å²) in [5.74, 6) is 0.146. The van der Waals surface area contributed by atoms with E-state index in [2.05, 4.69) is 10.9 Å². The quantitative estimate of drug-likeness (QED) is 0.742. The molecular formula is C14H18F3N3. The first-order chi connectivity index (χ1) is 9.47. The van der Waals surface area contributed by atoms with Gasteiger partial charge in [-0.15, -0.1) is 0 Å². The summed E-state index contributed by atoms with van der Waals surface area (Å²) in [5.41, 5.74) is 12.5. The Balaban J connectivity index is 1.89. The minimum Gasteiger partial charge on any atom is -0.327 e. The van der Waals surface area contributed by atoms with E-state index >= 15 is 0 Å². The van der Waals surface area contributed by atoms with E-state index in [1.807, 2.05) is 0 Å². The van der Waals surface area contributed by atoms with Crippen LogP contribution in [0.1, 0.15) is 36.4 Å². The number of hydrogen-bond donors (Lipinski definition) is 3. The maximum atomic E-state index is 12.8. The maximum Gasteiger partial charge on any atom is 0.416 e. The Hall–Kier alpha value is -1.11. The molecule has 3 nitrogen and oxygen atoms in total. The number of alkyl halides is 3. The largest absolute Gasteiger partial charge is 0.416 e. The van der Waals surface area contributed by atoms with Crippen molar-refractivity contribution < 1.29 is 13.2 Å². The van der Waals surface area contributed by atoms with Gasteiger partial charge in [-0.2, -0.15) is 13.2 Å². The fraction of sp³-hybridized carbons (Fsp3) is 0.571. The lowest BCUT2D eigenvalue weighted by Crippen LogP contribution is -2.43. The highest BCUT2D eigenvalue weighted by Crippen LogP contribution is 2.39. The molecule has 1 heterocycles. The van der Waals surface area contributed by atoms with Crippen LogP contribution >= 0.6 is 0 Å². The highest BCUT2D eigenvalue weighted by Gasteiger charge is 2.42. The molecule has 1 aliphatic heterocycles. The fourth-order valence-electron chi connectivity index (χ4n) is 3.41. The lowest BCUT2D eigenvalue weighted by atomic mass is 9.76. The van der Waals surface area contributed by atoms with Crippen LogP contribution in [0.5, 0.6) is 0 Å². The number of fused-ring (bicyclic) bond motifs is 1. The summed E-state index contributed by atoms with van der Waals surface area (Å²) in [6.07, 6.45) is -1.30. The Kier molecular flexibility index (Phi) is 3.48. The van der Waals surface area contributed by atoms with Gasteiger partial charge >= 0.3 is 6.18 Å². The molecule has 4 unspecified atom stereocenters. The van der Waals surface area contributed by atoms with Crippen molar-refractivity contribution in [1.29, 1.82) is 0 Å². The molecule has 0 radical (unpaired) electrons. The van der Waals surface area contributed by atoms with Crippen LogP contribution in [-0.2, 0) is 6.18 Å². The first kappa shape index (κ1) is 13.9. The number of rotatable bonds is 1. The molecule has 2 aliphatic rings. The predicted molar refractivity (Wildman–Crippen MR) is 69.6 cm³/mol. The van der Waals surface area contributed by atoms with Gasteiger partial charge in [-0.1, -0.05) is 18.6 Å². The van der Waals surface area contributed by atoms with Crippen molar-refractivity contribution in [3.63, 3.8) is 0 Å². The molecule has 110 valence electrons. The molecule has 2 fully saturated rings. The normalized spacial score (nSPS) is 34.0. The zero-order chi connectivity index (χ0) is 14.3. The van der Waals surface area contributed by atoms with Gasteiger partial charge in [0.1, 0.15) is 0 Å². The molecule has 1 aromatic carbocycles. The van der Waals surface area contributed by atoms with Gasteiger partial charge in [0.05, 0.1) is 11.6 Å². The molecule has 20 heavy (non-hydrogen) atoms. The number of benzene rings is 1. The summed E-state index contributed by atoms with van der Waals surface area (Å²) in [4.78, 5) is 0. The van der Waals surface area contributed by atoms with E-state index in [-0.39, 0.29) is 24.0 Å². The smallest absolute Gasteiger partial charge is 0.327 e. The first-order valence-electron chi connectivity index (χ1n) is 6.90. The van der Waals surface area contributed by atoms with Crippen molar-refractivity contribution in [2.45, 2.75) is 43.6 Å². The Labute approximate surface area is 115 Å². The molecule has 1 saturated carbocycles. The third-order valence-corrected chi connectivity index (χ3v) is 4.39. The van der Waals surface area contributed by atoms with Crippen LogP contribution in [-0.4, -0.2) is 12.1 Å². The summed E-state index contributed by atoms with van der Waals surface area (Å²) in [6, 6.07) is 5.64. The second-order valence-electron chi connectivity index (χ2n) is 5.67. The number of nitrogens with two attached hydrogens (primary N) is 1. The predicted octanol–water partition coefficient (Wildman–Crippen LogP) is 2.35. The van der Waals surface area contributed by atoms with Crippen LogP contribution in [0.4, 0.5) is 13.2 Å². The summed E-state index contributed by atoms with van der Waals surface area (Å²) in [6.45, 7) is 0. The lowest BCUT2D eigenvalue weighted by molar-refractivity contribution is -0.137. The molecule has 4 N–H and O–H groups in total. The van der Waals surface area contributed by atoms with Crippen LogP contribution in [0.2, 0.25) is 0 Å². The Morgan fingerprint density at radius 1 is 1.15 bits per heavy atom. The topological polar surface area (TPSA) is 50.1 Å². The number of halogens is 3. The summed E-state index contributed by atoms with van der Waals surface area (Å²) in [7, 11) is 0. The van der Waals surface area contributed by atoms with Gasteiger partial charge < -0.3 is 5.73 Å². The third kappa shape index (κ3) is 2.43.